The lowest BCUT2D eigenvalue weighted by Crippen LogP contribution is -2.36. The van der Waals surface area contributed by atoms with Gasteiger partial charge in [0.25, 0.3) is 0 Å². The third kappa shape index (κ3) is 3.84. The molecule has 0 spiro atoms. The summed E-state index contributed by atoms with van der Waals surface area (Å²) in [6, 6.07) is 6.47. The molecule has 1 aliphatic heterocycles. The molecular formula is C18H23N5O3. The molecule has 8 heteroatoms. The zero-order valence-electron chi connectivity index (χ0n) is 15.0. The molecule has 0 bridgehead atoms. The Morgan fingerprint density at radius 2 is 2.19 bits per heavy atom. The van der Waals surface area contributed by atoms with Crippen LogP contribution in [0.25, 0.3) is 0 Å². The van der Waals surface area contributed by atoms with Crippen LogP contribution in [0.3, 0.4) is 0 Å². The SMILES string of the molecule is CCCCc1nc2n(n1)[C@H](C(=O)Nc1ccccc1OCC)CC(=O)N2. The number of carbonyl (C=O) groups is 2. The molecule has 1 aromatic carbocycles. The fraction of sp³-hybridized carbons (Fsp3) is 0.444. The third-order valence-corrected chi connectivity index (χ3v) is 4.10. The van der Waals surface area contributed by atoms with Gasteiger partial charge in [0.2, 0.25) is 17.8 Å². The van der Waals surface area contributed by atoms with Gasteiger partial charge in [0.15, 0.2) is 5.82 Å². The van der Waals surface area contributed by atoms with Crippen LogP contribution < -0.4 is 15.4 Å². The predicted octanol–water partition coefficient (Wildman–Crippen LogP) is 2.54. The Bertz CT molecular complexity index is 802. The van der Waals surface area contributed by atoms with Crippen molar-refractivity contribution >= 4 is 23.5 Å². The predicted molar refractivity (Wildman–Crippen MR) is 97.2 cm³/mol. The van der Waals surface area contributed by atoms with Gasteiger partial charge in [0.1, 0.15) is 11.8 Å². The molecule has 1 aromatic heterocycles. The number of aromatic nitrogens is 3. The van der Waals surface area contributed by atoms with Crippen LogP contribution in [0.15, 0.2) is 24.3 Å². The largest absolute Gasteiger partial charge is 0.492 e. The van der Waals surface area contributed by atoms with Crippen molar-refractivity contribution in [3.05, 3.63) is 30.1 Å². The lowest BCUT2D eigenvalue weighted by molar-refractivity contribution is -0.125. The van der Waals surface area contributed by atoms with Gasteiger partial charge in [-0.3, -0.25) is 14.9 Å². The Morgan fingerprint density at radius 1 is 1.38 bits per heavy atom. The van der Waals surface area contributed by atoms with Crippen molar-refractivity contribution in [2.45, 2.75) is 45.6 Å². The molecule has 2 amide bonds. The number of para-hydroxylation sites is 2. The molecule has 0 saturated heterocycles. The highest BCUT2D eigenvalue weighted by Gasteiger charge is 2.33. The Kier molecular flexibility index (Phi) is 5.50. The number of carbonyl (C=O) groups excluding carboxylic acids is 2. The van der Waals surface area contributed by atoms with Gasteiger partial charge in [-0.1, -0.05) is 25.5 Å². The van der Waals surface area contributed by atoms with E-state index in [1.807, 2.05) is 19.1 Å². The van der Waals surface area contributed by atoms with Gasteiger partial charge >= 0.3 is 0 Å². The highest BCUT2D eigenvalue weighted by atomic mass is 16.5. The van der Waals surface area contributed by atoms with Gasteiger partial charge in [0, 0.05) is 6.42 Å². The first-order chi connectivity index (χ1) is 12.6. The molecule has 1 atom stereocenters. The highest BCUT2D eigenvalue weighted by Crippen LogP contribution is 2.28. The van der Waals surface area contributed by atoms with Gasteiger partial charge in [0.05, 0.1) is 18.7 Å². The van der Waals surface area contributed by atoms with Gasteiger partial charge in [-0.25, -0.2) is 4.68 Å². The number of unbranched alkanes of at least 4 members (excludes halogenated alkanes) is 1. The molecule has 0 unspecified atom stereocenters. The lowest BCUT2D eigenvalue weighted by atomic mass is 10.1. The first kappa shape index (κ1) is 17.9. The van der Waals surface area contributed by atoms with E-state index in [0.29, 0.717) is 36.2 Å². The first-order valence-electron chi connectivity index (χ1n) is 8.90. The molecule has 8 nitrogen and oxygen atoms in total. The summed E-state index contributed by atoms with van der Waals surface area (Å²) in [7, 11) is 0. The molecule has 1 aliphatic rings. The van der Waals surface area contributed by atoms with Crippen molar-refractivity contribution in [3.63, 3.8) is 0 Å². The third-order valence-electron chi connectivity index (χ3n) is 4.10. The number of benzene rings is 1. The average molecular weight is 357 g/mol. The smallest absolute Gasteiger partial charge is 0.250 e. The number of fused-ring (bicyclic) bond motifs is 1. The number of rotatable bonds is 7. The number of hydrogen-bond acceptors (Lipinski definition) is 5. The summed E-state index contributed by atoms with van der Waals surface area (Å²) in [5.41, 5.74) is 0.568. The van der Waals surface area contributed by atoms with Crippen LogP contribution in [0.5, 0.6) is 5.75 Å². The Morgan fingerprint density at radius 3 is 2.96 bits per heavy atom. The molecule has 2 heterocycles. The van der Waals surface area contributed by atoms with Crippen LogP contribution in [-0.2, 0) is 16.0 Å². The molecule has 138 valence electrons. The van der Waals surface area contributed by atoms with Gasteiger partial charge in [-0.2, -0.15) is 10.1 Å². The molecule has 26 heavy (non-hydrogen) atoms. The van der Waals surface area contributed by atoms with E-state index in [0.717, 1.165) is 12.8 Å². The highest BCUT2D eigenvalue weighted by molar-refractivity contribution is 6.01. The van der Waals surface area contributed by atoms with Gasteiger partial charge in [-0.05, 0) is 25.5 Å². The van der Waals surface area contributed by atoms with Crippen molar-refractivity contribution in [1.82, 2.24) is 14.8 Å². The van der Waals surface area contributed by atoms with Gasteiger partial charge < -0.3 is 10.1 Å². The van der Waals surface area contributed by atoms with Gasteiger partial charge in [-0.15, -0.1) is 0 Å². The fourth-order valence-corrected chi connectivity index (χ4v) is 2.82. The monoisotopic (exact) mass is 357 g/mol. The molecule has 0 saturated carbocycles. The summed E-state index contributed by atoms with van der Waals surface area (Å²) >= 11 is 0. The van der Waals surface area contributed by atoms with Crippen molar-refractivity contribution < 1.29 is 14.3 Å². The number of nitrogens with one attached hydrogen (secondary N) is 2. The number of nitrogens with zero attached hydrogens (tertiary/aromatic N) is 3. The molecular weight excluding hydrogens is 334 g/mol. The second kappa shape index (κ2) is 7.99. The molecule has 2 aromatic rings. The summed E-state index contributed by atoms with van der Waals surface area (Å²) in [4.78, 5) is 29.1. The molecule has 2 N–H and O–H groups in total. The first-order valence-corrected chi connectivity index (χ1v) is 8.90. The molecule has 3 rings (SSSR count). The number of hydrogen-bond donors (Lipinski definition) is 2. The van der Waals surface area contributed by atoms with E-state index in [1.165, 1.54) is 4.68 Å². The second-order valence-electron chi connectivity index (χ2n) is 6.09. The number of aryl methyl sites for hydroxylation is 1. The van der Waals surface area contributed by atoms with Crippen molar-refractivity contribution in [2.75, 3.05) is 17.2 Å². The molecule has 0 radical (unpaired) electrons. The van der Waals surface area contributed by atoms with E-state index in [9.17, 15) is 9.59 Å². The Balaban J connectivity index is 1.82. The van der Waals surface area contributed by atoms with Crippen LogP contribution in [0, 0.1) is 0 Å². The maximum atomic E-state index is 12.8. The maximum Gasteiger partial charge on any atom is 0.250 e. The Labute approximate surface area is 151 Å². The Hall–Kier alpha value is -2.90. The molecule has 0 fully saturated rings. The van der Waals surface area contributed by atoms with Crippen LogP contribution in [0.4, 0.5) is 11.6 Å². The van der Waals surface area contributed by atoms with Crippen LogP contribution >= 0.6 is 0 Å². The summed E-state index contributed by atoms with van der Waals surface area (Å²) in [6.45, 7) is 4.46. The zero-order valence-corrected chi connectivity index (χ0v) is 15.0. The number of amides is 2. The van der Waals surface area contributed by atoms with E-state index in [2.05, 4.69) is 27.6 Å². The quantitative estimate of drug-likeness (QED) is 0.793. The van der Waals surface area contributed by atoms with E-state index in [-0.39, 0.29) is 18.2 Å². The minimum Gasteiger partial charge on any atom is -0.492 e. The fourth-order valence-electron chi connectivity index (χ4n) is 2.82. The van der Waals surface area contributed by atoms with Crippen LogP contribution in [0.1, 0.15) is 45.0 Å². The van der Waals surface area contributed by atoms with Crippen LogP contribution in [0.2, 0.25) is 0 Å². The summed E-state index contributed by atoms with van der Waals surface area (Å²) in [5.74, 6) is 0.985. The normalized spacial score (nSPS) is 15.9. The van der Waals surface area contributed by atoms with E-state index in [1.54, 1.807) is 12.1 Å². The number of ether oxygens (including phenoxy) is 1. The summed E-state index contributed by atoms with van der Waals surface area (Å²) in [5, 5.41) is 9.95. The van der Waals surface area contributed by atoms with Crippen molar-refractivity contribution in [1.29, 1.82) is 0 Å². The summed E-state index contributed by atoms with van der Waals surface area (Å²) < 4.78 is 7.04. The van der Waals surface area contributed by atoms with E-state index in [4.69, 9.17) is 4.74 Å². The number of anilines is 2. The van der Waals surface area contributed by atoms with Crippen molar-refractivity contribution in [3.8, 4) is 5.75 Å². The van der Waals surface area contributed by atoms with Crippen molar-refractivity contribution in [2.24, 2.45) is 0 Å². The minimum absolute atomic E-state index is 0.0201. The van der Waals surface area contributed by atoms with E-state index < -0.39 is 6.04 Å². The topological polar surface area (TPSA) is 98.1 Å². The average Bonchev–Trinajstić information content (AvgIpc) is 3.03. The van der Waals surface area contributed by atoms with Crippen LogP contribution in [-0.4, -0.2) is 33.2 Å². The van der Waals surface area contributed by atoms with E-state index >= 15 is 0 Å². The maximum absolute atomic E-state index is 12.8. The zero-order chi connectivity index (χ0) is 18.5. The lowest BCUT2D eigenvalue weighted by Gasteiger charge is -2.23. The summed E-state index contributed by atoms with van der Waals surface area (Å²) in [6.07, 6.45) is 2.71. The molecule has 0 aliphatic carbocycles. The minimum atomic E-state index is -0.740. The standard InChI is InChI=1S/C18H23N5O3/c1-3-5-10-15-20-18-21-16(24)11-13(23(18)22-15)17(25)19-12-8-6-7-9-14(12)26-4-2/h6-9,13H,3-5,10-11H2,1-2H3,(H,19,25)(H,20,21,22,24)/t13-/m0/s1. The second-order valence-corrected chi connectivity index (χ2v) is 6.09.